The quantitative estimate of drug-likeness (QED) is 0.829. The van der Waals surface area contributed by atoms with Gasteiger partial charge >= 0.3 is 0 Å². The molecule has 100 valence electrons. The van der Waals surface area contributed by atoms with Crippen molar-refractivity contribution in [2.75, 3.05) is 24.5 Å². The molecular weight excluding hydrogens is 236 g/mol. The summed E-state index contributed by atoms with van der Waals surface area (Å²) in [5.74, 6) is 0.887. The maximum atomic E-state index is 9.38. The van der Waals surface area contributed by atoms with E-state index in [1.807, 2.05) is 0 Å². The number of pyridine rings is 1. The number of aromatic nitrogens is 1. The Hall–Kier alpha value is -1.60. The minimum absolute atomic E-state index is 0.0751. The molecule has 19 heavy (non-hydrogen) atoms. The van der Waals surface area contributed by atoms with Crippen LogP contribution in [-0.2, 0) is 12.8 Å². The van der Waals surface area contributed by atoms with Crippen LogP contribution < -0.4 is 10.2 Å². The Labute approximate surface area is 114 Å². The summed E-state index contributed by atoms with van der Waals surface area (Å²) in [6.45, 7) is 7.14. The number of hydrogen-bond acceptors (Lipinski definition) is 4. The molecule has 0 unspecified atom stereocenters. The zero-order valence-corrected chi connectivity index (χ0v) is 11.7. The average Bonchev–Trinajstić information content (AvgIpc) is 2.83. The van der Waals surface area contributed by atoms with Gasteiger partial charge in [0.05, 0.1) is 5.56 Å². The van der Waals surface area contributed by atoms with Gasteiger partial charge in [-0.05, 0) is 44.7 Å². The largest absolute Gasteiger partial charge is 0.352 e. The van der Waals surface area contributed by atoms with E-state index in [1.54, 1.807) is 0 Å². The lowest BCUT2D eigenvalue weighted by Gasteiger charge is -2.40. The van der Waals surface area contributed by atoms with Crippen molar-refractivity contribution < 1.29 is 0 Å². The summed E-state index contributed by atoms with van der Waals surface area (Å²) in [4.78, 5) is 7.05. The Balaban J connectivity index is 1.98. The molecule has 1 aromatic rings. The van der Waals surface area contributed by atoms with Gasteiger partial charge in [-0.1, -0.05) is 0 Å². The molecule has 1 aliphatic heterocycles. The van der Waals surface area contributed by atoms with E-state index < -0.39 is 0 Å². The molecule has 2 aliphatic rings. The summed E-state index contributed by atoms with van der Waals surface area (Å²) in [5, 5.41) is 12.9. The van der Waals surface area contributed by atoms with Gasteiger partial charge in [-0.2, -0.15) is 5.26 Å². The molecule has 0 bridgehead atoms. The topological polar surface area (TPSA) is 52.0 Å². The lowest BCUT2D eigenvalue weighted by atomic mass is 10.0. The number of fused-ring (bicyclic) bond motifs is 1. The van der Waals surface area contributed by atoms with Crippen LogP contribution in [0.25, 0.3) is 0 Å². The Bertz CT molecular complexity index is 542. The molecule has 0 saturated carbocycles. The van der Waals surface area contributed by atoms with Gasteiger partial charge in [-0.15, -0.1) is 0 Å². The van der Waals surface area contributed by atoms with E-state index in [9.17, 15) is 5.26 Å². The van der Waals surface area contributed by atoms with Gasteiger partial charge in [0.1, 0.15) is 11.9 Å². The van der Waals surface area contributed by atoms with Crippen LogP contribution >= 0.6 is 0 Å². The highest BCUT2D eigenvalue weighted by Gasteiger charge is 2.28. The first-order chi connectivity index (χ1) is 9.09. The SMILES string of the molecule is CC1(C)CN(c2nc3c(cc2C#N)CCC3)CCN1. The second-order valence-corrected chi connectivity index (χ2v) is 6.16. The van der Waals surface area contributed by atoms with Crippen LogP contribution in [0.3, 0.4) is 0 Å². The van der Waals surface area contributed by atoms with E-state index in [1.165, 1.54) is 17.7 Å². The van der Waals surface area contributed by atoms with Gasteiger partial charge in [0, 0.05) is 30.9 Å². The first-order valence-electron chi connectivity index (χ1n) is 7.02. The molecule has 0 atom stereocenters. The fraction of sp³-hybridized carbons (Fsp3) is 0.600. The molecule has 1 aromatic heterocycles. The van der Waals surface area contributed by atoms with Gasteiger partial charge in [0.15, 0.2) is 0 Å². The summed E-state index contributed by atoms with van der Waals surface area (Å²) in [6.07, 6.45) is 3.30. The van der Waals surface area contributed by atoms with Crippen LogP contribution in [0, 0.1) is 11.3 Å². The Morgan fingerprint density at radius 2 is 2.26 bits per heavy atom. The molecule has 1 aliphatic carbocycles. The highest BCUT2D eigenvalue weighted by Crippen LogP contribution is 2.28. The van der Waals surface area contributed by atoms with Crippen LogP contribution in [0.2, 0.25) is 0 Å². The summed E-state index contributed by atoms with van der Waals surface area (Å²) in [7, 11) is 0. The smallest absolute Gasteiger partial charge is 0.146 e. The van der Waals surface area contributed by atoms with Crippen molar-refractivity contribution in [1.82, 2.24) is 10.3 Å². The highest BCUT2D eigenvalue weighted by molar-refractivity contribution is 5.57. The highest BCUT2D eigenvalue weighted by atomic mass is 15.3. The van der Waals surface area contributed by atoms with Crippen molar-refractivity contribution >= 4 is 5.82 Å². The average molecular weight is 256 g/mol. The number of hydrogen-bond donors (Lipinski definition) is 1. The van der Waals surface area contributed by atoms with Crippen molar-refractivity contribution in [2.24, 2.45) is 0 Å². The minimum Gasteiger partial charge on any atom is -0.352 e. The molecule has 1 N–H and O–H groups in total. The number of aryl methyl sites for hydroxylation is 2. The van der Waals surface area contributed by atoms with Crippen molar-refractivity contribution in [3.63, 3.8) is 0 Å². The zero-order chi connectivity index (χ0) is 13.5. The van der Waals surface area contributed by atoms with E-state index >= 15 is 0 Å². The molecule has 0 spiro atoms. The maximum Gasteiger partial charge on any atom is 0.146 e. The van der Waals surface area contributed by atoms with E-state index in [2.05, 4.69) is 36.2 Å². The number of nitrogens with one attached hydrogen (secondary N) is 1. The van der Waals surface area contributed by atoms with Gasteiger partial charge in [0.2, 0.25) is 0 Å². The third-order valence-corrected chi connectivity index (χ3v) is 4.02. The van der Waals surface area contributed by atoms with Crippen molar-refractivity contribution in [2.45, 2.75) is 38.6 Å². The van der Waals surface area contributed by atoms with E-state index in [0.717, 1.165) is 43.9 Å². The van der Waals surface area contributed by atoms with E-state index in [0.29, 0.717) is 0 Å². The molecule has 0 amide bonds. The number of nitrogens with zero attached hydrogens (tertiary/aromatic N) is 3. The van der Waals surface area contributed by atoms with E-state index in [-0.39, 0.29) is 5.54 Å². The molecule has 0 radical (unpaired) electrons. The zero-order valence-electron chi connectivity index (χ0n) is 11.7. The standard InChI is InChI=1S/C15H20N4/c1-15(2)10-19(7-6-17-15)14-12(9-16)8-11-4-3-5-13(11)18-14/h8,17H,3-7,10H2,1-2H3. The second kappa shape index (κ2) is 4.50. The molecule has 3 rings (SSSR count). The predicted molar refractivity (Wildman–Crippen MR) is 75.3 cm³/mol. The number of piperazine rings is 1. The Kier molecular flexibility index (Phi) is 2.94. The van der Waals surface area contributed by atoms with Crippen LogP contribution in [0.1, 0.15) is 37.1 Å². The summed E-state index contributed by atoms with van der Waals surface area (Å²) in [5.41, 5.74) is 3.28. The molecular formula is C15H20N4. The predicted octanol–water partition coefficient (Wildman–Crippen LogP) is 1.63. The van der Waals surface area contributed by atoms with Crippen LogP contribution in [0.5, 0.6) is 0 Å². The van der Waals surface area contributed by atoms with Crippen molar-refractivity contribution in [3.8, 4) is 6.07 Å². The second-order valence-electron chi connectivity index (χ2n) is 6.16. The van der Waals surface area contributed by atoms with Gasteiger partial charge in [0.25, 0.3) is 0 Å². The number of anilines is 1. The Morgan fingerprint density at radius 3 is 3.00 bits per heavy atom. The Morgan fingerprint density at radius 1 is 1.42 bits per heavy atom. The monoisotopic (exact) mass is 256 g/mol. The van der Waals surface area contributed by atoms with E-state index in [4.69, 9.17) is 4.98 Å². The fourth-order valence-electron chi connectivity index (χ4n) is 3.11. The van der Waals surface area contributed by atoms with Gasteiger partial charge in [-0.25, -0.2) is 4.98 Å². The summed E-state index contributed by atoms with van der Waals surface area (Å²) >= 11 is 0. The normalized spacial score (nSPS) is 21.0. The fourth-order valence-corrected chi connectivity index (χ4v) is 3.11. The first kappa shape index (κ1) is 12.4. The lowest BCUT2D eigenvalue weighted by molar-refractivity contribution is 0.351. The third kappa shape index (κ3) is 2.31. The van der Waals surface area contributed by atoms with Crippen molar-refractivity contribution in [3.05, 3.63) is 22.9 Å². The molecule has 4 nitrogen and oxygen atoms in total. The molecule has 2 heterocycles. The maximum absolute atomic E-state index is 9.38. The van der Waals surface area contributed by atoms with Crippen LogP contribution in [0.4, 0.5) is 5.82 Å². The van der Waals surface area contributed by atoms with Crippen LogP contribution in [0.15, 0.2) is 6.07 Å². The first-order valence-corrected chi connectivity index (χ1v) is 7.02. The number of rotatable bonds is 1. The molecule has 1 fully saturated rings. The summed E-state index contributed by atoms with van der Waals surface area (Å²) < 4.78 is 0. The molecule has 1 saturated heterocycles. The minimum atomic E-state index is 0.0751. The third-order valence-electron chi connectivity index (χ3n) is 4.02. The van der Waals surface area contributed by atoms with Gasteiger partial charge < -0.3 is 10.2 Å². The van der Waals surface area contributed by atoms with Gasteiger partial charge in [-0.3, -0.25) is 0 Å². The molecule has 0 aromatic carbocycles. The van der Waals surface area contributed by atoms with Crippen molar-refractivity contribution in [1.29, 1.82) is 5.26 Å². The molecule has 4 heteroatoms. The van der Waals surface area contributed by atoms with Crippen LogP contribution in [-0.4, -0.2) is 30.2 Å². The number of nitriles is 1. The summed E-state index contributed by atoms with van der Waals surface area (Å²) in [6, 6.07) is 4.38. The lowest BCUT2D eigenvalue weighted by Crippen LogP contribution is -2.57.